The third kappa shape index (κ3) is 3.85. The van der Waals surface area contributed by atoms with Crippen molar-refractivity contribution in [3.63, 3.8) is 0 Å². The van der Waals surface area contributed by atoms with Crippen molar-refractivity contribution in [1.29, 1.82) is 0 Å². The summed E-state index contributed by atoms with van der Waals surface area (Å²) >= 11 is 1.63. The molecule has 106 valence electrons. The Morgan fingerprint density at radius 3 is 3.05 bits per heavy atom. The molecule has 2 heterocycles. The fourth-order valence-electron chi connectivity index (χ4n) is 1.69. The Bertz CT molecular complexity index is 583. The molecule has 0 aliphatic carbocycles. The van der Waals surface area contributed by atoms with Crippen LogP contribution in [0.2, 0.25) is 0 Å². The van der Waals surface area contributed by atoms with Crippen molar-refractivity contribution < 1.29 is 14.3 Å². The van der Waals surface area contributed by atoms with Crippen molar-refractivity contribution in [2.45, 2.75) is 12.7 Å². The largest absolute Gasteiger partial charge is 0.469 e. The molecule has 5 nitrogen and oxygen atoms in total. The lowest BCUT2D eigenvalue weighted by Gasteiger charge is -2.06. The molecule has 0 bridgehead atoms. The van der Waals surface area contributed by atoms with E-state index < -0.39 is 0 Å². The molecule has 1 amide bonds. The Hall–Kier alpha value is -1.79. The van der Waals surface area contributed by atoms with Gasteiger partial charge in [-0.3, -0.25) is 4.79 Å². The van der Waals surface area contributed by atoms with Crippen molar-refractivity contribution in [1.82, 2.24) is 4.98 Å². The van der Waals surface area contributed by atoms with Crippen LogP contribution < -0.4 is 5.32 Å². The van der Waals surface area contributed by atoms with Crippen LogP contribution in [0.4, 0.5) is 5.82 Å². The number of hydrogen-bond acceptors (Lipinski definition) is 5. The van der Waals surface area contributed by atoms with Crippen LogP contribution in [0.3, 0.4) is 0 Å². The average Bonchev–Trinajstić information content (AvgIpc) is 2.86. The van der Waals surface area contributed by atoms with E-state index in [-0.39, 0.29) is 12.5 Å². The number of hydrogen-bond donors (Lipinski definition) is 2. The quantitative estimate of drug-likeness (QED) is 0.800. The van der Waals surface area contributed by atoms with Crippen molar-refractivity contribution in [3.05, 3.63) is 47.5 Å². The van der Waals surface area contributed by atoms with Gasteiger partial charge in [0.2, 0.25) is 0 Å². The summed E-state index contributed by atoms with van der Waals surface area (Å²) in [5, 5.41) is 11.5. The molecule has 0 fully saturated rings. The molecule has 0 aromatic carbocycles. The van der Waals surface area contributed by atoms with E-state index in [2.05, 4.69) is 10.3 Å². The summed E-state index contributed by atoms with van der Waals surface area (Å²) in [7, 11) is 0. The maximum absolute atomic E-state index is 12.0. The molecule has 2 aromatic rings. The van der Waals surface area contributed by atoms with Crippen molar-refractivity contribution >= 4 is 23.5 Å². The number of aliphatic hydroxyl groups is 1. The van der Waals surface area contributed by atoms with Gasteiger partial charge in [-0.15, -0.1) is 0 Å². The second-order valence-electron chi connectivity index (χ2n) is 4.17. The van der Waals surface area contributed by atoms with E-state index in [0.29, 0.717) is 22.9 Å². The van der Waals surface area contributed by atoms with Gasteiger partial charge in [-0.05, 0) is 30.7 Å². The van der Waals surface area contributed by atoms with Gasteiger partial charge < -0.3 is 14.8 Å². The van der Waals surface area contributed by atoms with E-state index in [4.69, 9.17) is 9.52 Å². The summed E-state index contributed by atoms with van der Waals surface area (Å²) in [6, 6.07) is 5.35. The lowest BCUT2D eigenvalue weighted by Crippen LogP contribution is -2.13. The monoisotopic (exact) mass is 292 g/mol. The SMILES string of the molecule is Cc1occc1C(=O)Nc1cc(CSCCO)ccn1. The van der Waals surface area contributed by atoms with E-state index in [1.54, 1.807) is 30.9 Å². The number of furan rings is 1. The maximum Gasteiger partial charge on any atom is 0.260 e. The smallest absolute Gasteiger partial charge is 0.260 e. The topological polar surface area (TPSA) is 75.4 Å². The predicted molar refractivity (Wildman–Crippen MR) is 78.9 cm³/mol. The number of aliphatic hydroxyl groups excluding tert-OH is 1. The number of carbonyl (C=O) groups excluding carboxylic acids is 1. The zero-order valence-electron chi connectivity index (χ0n) is 11.1. The first-order valence-electron chi connectivity index (χ1n) is 6.19. The molecular formula is C14H16N2O3S. The van der Waals surface area contributed by atoms with Crippen LogP contribution in [0.15, 0.2) is 35.1 Å². The lowest BCUT2D eigenvalue weighted by atomic mass is 10.2. The zero-order chi connectivity index (χ0) is 14.4. The van der Waals surface area contributed by atoms with Crippen molar-refractivity contribution in [3.8, 4) is 0 Å². The number of amides is 1. The Kier molecular flexibility index (Phi) is 5.20. The molecular weight excluding hydrogens is 276 g/mol. The molecule has 0 aliphatic heterocycles. The van der Waals surface area contributed by atoms with E-state index in [1.807, 2.05) is 12.1 Å². The van der Waals surface area contributed by atoms with Gasteiger partial charge in [-0.25, -0.2) is 4.98 Å². The number of nitrogens with one attached hydrogen (secondary N) is 1. The van der Waals surface area contributed by atoms with Gasteiger partial charge in [0.1, 0.15) is 11.6 Å². The van der Waals surface area contributed by atoms with Gasteiger partial charge >= 0.3 is 0 Å². The van der Waals surface area contributed by atoms with Gasteiger partial charge in [0.25, 0.3) is 5.91 Å². The molecule has 0 radical (unpaired) electrons. The van der Waals surface area contributed by atoms with Crippen LogP contribution in [0, 0.1) is 6.92 Å². The Balaban J connectivity index is 2.01. The fraction of sp³-hybridized carbons (Fsp3) is 0.286. The van der Waals surface area contributed by atoms with Gasteiger partial charge in [0.15, 0.2) is 0 Å². The van der Waals surface area contributed by atoms with E-state index in [0.717, 1.165) is 11.3 Å². The molecule has 0 spiro atoms. The number of rotatable bonds is 6. The molecule has 2 N–H and O–H groups in total. The summed E-state index contributed by atoms with van der Waals surface area (Å²) in [6.07, 6.45) is 3.15. The van der Waals surface area contributed by atoms with E-state index >= 15 is 0 Å². The van der Waals surface area contributed by atoms with Crippen LogP contribution in [-0.2, 0) is 5.75 Å². The summed E-state index contributed by atoms with van der Waals surface area (Å²) in [4.78, 5) is 16.1. The highest BCUT2D eigenvalue weighted by Gasteiger charge is 2.12. The fourth-order valence-corrected chi connectivity index (χ4v) is 2.38. The Labute approximate surface area is 121 Å². The third-order valence-corrected chi connectivity index (χ3v) is 3.68. The van der Waals surface area contributed by atoms with Gasteiger partial charge in [0, 0.05) is 17.7 Å². The standard InChI is InChI=1S/C14H16N2O3S/c1-10-12(3-6-19-10)14(18)16-13-8-11(2-4-15-13)9-20-7-5-17/h2-4,6,8,17H,5,7,9H2,1H3,(H,15,16,18). The maximum atomic E-state index is 12.0. The molecule has 0 saturated heterocycles. The van der Waals surface area contributed by atoms with Crippen LogP contribution in [0.25, 0.3) is 0 Å². The van der Waals surface area contributed by atoms with Gasteiger partial charge in [0.05, 0.1) is 18.4 Å². The predicted octanol–water partition coefficient (Wildman–Crippen LogP) is 2.46. The summed E-state index contributed by atoms with van der Waals surface area (Å²) in [6.45, 7) is 1.91. The number of nitrogens with zero attached hydrogens (tertiary/aromatic N) is 1. The van der Waals surface area contributed by atoms with Gasteiger partial charge in [-0.2, -0.15) is 11.8 Å². The Morgan fingerprint density at radius 2 is 2.35 bits per heavy atom. The zero-order valence-corrected chi connectivity index (χ0v) is 11.9. The second-order valence-corrected chi connectivity index (χ2v) is 5.28. The molecule has 20 heavy (non-hydrogen) atoms. The molecule has 0 unspecified atom stereocenters. The van der Waals surface area contributed by atoms with Crippen LogP contribution >= 0.6 is 11.8 Å². The van der Waals surface area contributed by atoms with Crippen LogP contribution in [0.1, 0.15) is 21.7 Å². The van der Waals surface area contributed by atoms with E-state index in [1.165, 1.54) is 6.26 Å². The molecule has 0 saturated carbocycles. The molecule has 0 aliphatic rings. The Morgan fingerprint density at radius 1 is 1.50 bits per heavy atom. The number of aryl methyl sites for hydroxylation is 1. The van der Waals surface area contributed by atoms with Crippen molar-refractivity contribution in [2.24, 2.45) is 0 Å². The minimum atomic E-state index is -0.232. The number of aromatic nitrogens is 1. The normalized spacial score (nSPS) is 10.5. The highest BCUT2D eigenvalue weighted by Crippen LogP contribution is 2.16. The first-order valence-corrected chi connectivity index (χ1v) is 7.35. The highest BCUT2D eigenvalue weighted by atomic mass is 32.2. The summed E-state index contributed by atoms with van der Waals surface area (Å²) in [5.74, 6) is 2.33. The van der Waals surface area contributed by atoms with Gasteiger partial charge in [-0.1, -0.05) is 0 Å². The summed E-state index contributed by atoms with van der Waals surface area (Å²) < 4.78 is 5.10. The molecule has 2 aromatic heterocycles. The van der Waals surface area contributed by atoms with E-state index in [9.17, 15) is 4.79 Å². The average molecular weight is 292 g/mol. The van der Waals surface area contributed by atoms with Crippen LogP contribution in [-0.4, -0.2) is 28.4 Å². The minimum absolute atomic E-state index is 0.166. The molecule has 2 rings (SSSR count). The third-order valence-electron chi connectivity index (χ3n) is 2.67. The molecule has 0 atom stereocenters. The number of carbonyl (C=O) groups is 1. The molecule has 6 heteroatoms. The first-order chi connectivity index (χ1) is 9.70. The van der Waals surface area contributed by atoms with Crippen molar-refractivity contribution in [2.75, 3.05) is 17.7 Å². The minimum Gasteiger partial charge on any atom is -0.469 e. The lowest BCUT2D eigenvalue weighted by molar-refractivity contribution is 0.102. The number of pyridine rings is 1. The van der Waals surface area contributed by atoms with Crippen LogP contribution in [0.5, 0.6) is 0 Å². The number of thioether (sulfide) groups is 1. The number of anilines is 1. The second kappa shape index (κ2) is 7.12. The summed E-state index contributed by atoms with van der Waals surface area (Å²) in [5.41, 5.74) is 1.56. The highest BCUT2D eigenvalue weighted by molar-refractivity contribution is 7.98. The first kappa shape index (κ1) is 14.6.